The van der Waals surface area contributed by atoms with Crippen molar-refractivity contribution < 1.29 is 4.42 Å². The van der Waals surface area contributed by atoms with E-state index in [2.05, 4.69) is 191 Å². The lowest BCUT2D eigenvalue weighted by atomic mass is 9.98. The summed E-state index contributed by atoms with van der Waals surface area (Å²) in [6.07, 6.45) is 0. The summed E-state index contributed by atoms with van der Waals surface area (Å²) in [5, 5.41) is 9.68. The number of rotatable bonds is 5. The Morgan fingerprint density at radius 2 is 1.00 bits per heavy atom. The molecule has 0 bridgehead atoms. The molecule has 0 aliphatic rings. The van der Waals surface area contributed by atoms with Gasteiger partial charge in [-0.25, -0.2) is 0 Å². The molecule has 0 aliphatic heterocycles. The summed E-state index contributed by atoms with van der Waals surface area (Å²) in [6, 6.07) is 69.8. The summed E-state index contributed by atoms with van der Waals surface area (Å²) < 4.78 is 8.78. The smallest absolute Gasteiger partial charge is 0.137 e. The number of para-hydroxylation sites is 3. The molecule has 9 aromatic carbocycles. The van der Waals surface area contributed by atoms with Crippen LogP contribution >= 0.6 is 0 Å². The van der Waals surface area contributed by atoms with Gasteiger partial charge in [-0.2, -0.15) is 0 Å². The molecular formula is C50H32N2O. The molecule has 2 heterocycles. The van der Waals surface area contributed by atoms with Crippen LogP contribution in [-0.2, 0) is 0 Å². The molecule has 0 amide bonds. The lowest BCUT2D eigenvalue weighted by molar-refractivity contribution is 0.669. The average Bonchev–Trinajstić information content (AvgIpc) is 3.77. The van der Waals surface area contributed by atoms with Gasteiger partial charge in [-0.1, -0.05) is 121 Å². The molecular weight excluding hydrogens is 645 g/mol. The summed E-state index contributed by atoms with van der Waals surface area (Å²) in [6.45, 7) is 0. The second-order valence-electron chi connectivity index (χ2n) is 13.7. The minimum Gasteiger partial charge on any atom is -0.456 e. The molecule has 0 saturated carbocycles. The van der Waals surface area contributed by atoms with Crippen molar-refractivity contribution in [3.05, 3.63) is 194 Å². The quantitative estimate of drug-likeness (QED) is 0.169. The van der Waals surface area contributed by atoms with Gasteiger partial charge < -0.3 is 13.9 Å². The maximum absolute atomic E-state index is 6.40. The molecule has 0 unspecified atom stereocenters. The van der Waals surface area contributed by atoms with Crippen LogP contribution in [0.3, 0.4) is 0 Å². The summed E-state index contributed by atoms with van der Waals surface area (Å²) >= 11 is 0. The van der Waals surface area contributed by atoms with Crippen molar-refractivity contribution in [1.82, 2.24) is 4.57 Å². The number of benzene rings is 9. The van der Waals surface area contributed by atoms with Crippen LogP contribution in [0.15, 0.2) is 199 Å². The van der Waals surface area contributed by atoms with Crippen LogP contribution in [0.5, 0.6) is 0 Å². The van der Waals surface area contributed by atoms with Gasteiger partial charge in [-0.05, 0) is 99.4 Å². The highest BCUT2D eigenvalue weighted by molar-refractivity contribution is 6.16. The average molecular weight is 677 g/mol. The highest BCUT2D eigenvalue weighted by atomic mass is 16.3. The van der Waals surface area contributed by atoms with E-state index >= 15 is 0 Å². The second kappa shape index (κ2) is 11.7. The molecule has 248 valence electrons. The fourth-order valence-electron chi connectivity index (χ4n) is 8.34. The third-order valence-corrected chi connectivity index (χ3v) is 10.8. The standard InChI is InChI=1S/C50H32N2O/c1-2-12-36(13-3-1)52-46-18-8-6-16-44(46)50-41(17-10-19-47(50)52)34-23-26-37(27-24-34)51(39-29-30-43-42-15-7-9-20-48(42)53-49(43)32-39)38-28-25-35-22-21-33-11-4-5-14-40(33)45(35)31-38/h1-32H. The number of hydrogen-bond donors (Lipinski definition) is 0. The first-order valence-electron chi connectivity index (χ1n) is 18.1. The molecule has 0 N–H and O–H groups in total. The Labute approximate surface area is 306 Å². The molecule has 2 aromatic heterocycles. The number of nitrogens with zero attached hydrogens (tertiary/aromatic N) is 2. The Kier molecular flexibility index (Phi) is 6.55. The number of fused-ring (bicyclic) bond motifs is 9. The van der Waals surface area contributed by atoms with E-state index in [4.69, 9.17) is 4.42 Å². The molecule has 11 aromatic rings. The van der Waals surface area contributed by atoms with E-state index in [0.717, 1.165) is 44.7 Å². The van der Waals surface area contributed by atoms with Crippen molar-refractivity contribution in [2.45, 2.75) is 0 Å². The molecule has 53 heavy (non-hydrogen) atoms. The highest BCUT2D eigenvalue weighted by Gasteiger charge is 2.19. The third-order valence-electron chi connectivity index (χ3n) is 10.8. The fraction of sp³-hybridized carbons (Fsp3) is 0. The van der Waals surface area contributed by atoms with Gasteiger partial charge in [0, 0.05) is 50.4 Å². The molecule has 0 fully saturated rings. The molecule has 0 atom stereocenters. The van der Waals surface area contributed by atoms with E-state index in [9.17, 15) is 0 Å². The Bertz CT molecular complexity index is 3170. The summed E-state index contributed by atoms with van der Waals surface area (Å²) in [4.78, 5) is 2.35. The SMILES string of the molecule is c1ccc(-n2c3ccccc3c3c(-c4ccc(N(c5ccc6c(c5)oc5ccccc56)c5ccc6ccc7ccccc7c6c5)cc4)cccc32)cc1. The van der Waals surface area contributed by atoms with Crippen molar-refractivity contribution in [2.75, 3.05) is 4.90 Å². The number of anilines is 3. The number of furan rings is 1. The maximum Gasteiger partial charge on any atom is 0.137 e. The van der Waals surface area contributed by atoms with E-state index in [1.54, 1.807) is 0 Å². The topological polar surface area (TPSA) is 21.3 Å². The van der Waals surface area contributed by atoms with E-state index in [0.29, 0.717) is 0 Å². The van der Waals surface area contributed by atoms with Crippen LogP contribution < -0.4 is 4.90 Å². The van der Waals surface area contributed by atoms with E-state index in [1.165, 1.54) is 54.5 Å². The first-order chi connectivity index (χ1) is 26.3. The van der Waals surface area contributed by atoms with Gasteiger partial charge in [-0.15, -0.1) is 0 Å². The Morgan fingerprint density at radius 3 is 1.87 bits per heavy atom. The molecule has 11 rings (SSSR count). The van der Waals surface area contributed by atoms with Gasteiger partial charge >= 0.3 is 0 Å². The summed E-state index contributed by atoms with van der Waals surface area (Å²) in [5.74, 6) is 0. The van der Waals surface area contributed by atoms with Crippen LogP contribution in [-0.4, -0.2) is 4.57 Å². The molecule has 0 aliphatic carbocycles. The largest absolute Gasteiger partial charge is 0.456 e. The predicted molar refractivity (Wildman–Crippen MR) is 223 cm³/mol. The van der Waals surface area contributed by atoms with Gasteiger partial charge in [0.05, 0.1) is 11.0 Å². The second-order valence-corrected chi connectivity index (χ2v) is 13.7. The lowest BCUT2D eigenvalue weighted by Gasteiger charge is -2.26. The van der Waals surface area contributed by atoms with Crippen LogP contribution in [0.1, 0.15) is 0 Å². The molecule has 3 heteroatoms. The molecule has 0 radical (unpaired) electrons. The van der Waals surface area contributed by atoms with E-state index in [-0.39, 0.29) is 0 Å². The zero-order valence-electron chi connectivity index (χ0n) is 28.8. The minimum absolute atomic E-state index is 0.873. The van der Waals surface area contributed by atoms with Crippen LogP contribution in [0.25, 0.3) is 82.1 Å². The molecule has 0 spiro atoms. The van der Waals surface area contributed by atoms with Crippen LogP contribution in [0.4, 0.5) is 17.1 Å². The Hall–Kier alpha value is -7.10. The third kappa shape index (κ3) is 4.68. The Balaban J connectivity index is 1.09. The molecule has 0 saturated heterocycles. The van der Waals surface area contributed by atoms with Crippen molar-refractivity contribution >= 4 is 82.4 Å². The normalized spacial score (nSPS) is 11.8. The van der Waals surface area contributed by atoms with E-state index in [1.807, 2.05) is 12.1 Å². The first-order valence-corrected chi connectivity index (χ1v) is 18.1. The highest BCUT2D eigenvalue weighted by Crippen LogP contribution is 2.43. The maximum atomic E-state index is 6.40. The van der Waals surface area contributed by atoms with Gasteiger partial charge in [0.2, 0.25) is 0 Å². The minimum atomic E-state index is 0.873. The summed E-state index contributed by atoms with van der Waals surface area (Å²) in [7, 11) is 0. The fourth-order valence-corrected chi connectivity index (χ4v) is 8.34. The van der Waals surface area contributed by atoms with Crippen molar-refractivity contribution in [2.24, 2.45) is 0 Å². The molecule has 3 nitrogen and oxygen atoms in total. The van der Waals surface area contributed by atoms with Crippen molar-refractivity contribution in [1.29, 1.82) is 0 Å². The van der Waals surface area contributed by atoms with E-state index < -0.39 is 0 Å². The first kappa shape index (κ1) is 29.6. The lowest BCUT2D eigenvalue weighted by Crippen LogP contribution is -2.09. The Morgan fingerprint density at radius 1 is 0.377 bits per heavy atom. The van der Waals surface area contributed by atoms with Gasteiger partial charge in [0.1, 0.15) is 11.2 Å². The van der Waals surface area contributed by atoms with Crippen molar-refractivity contribution in [3.63, 3.8) is 0 Å². The van der Waals surface area contributed by atoms with Gasteiger partial charge in [-0.3, -0.25) is 0 Å². The van der Waals surface area contributed by atoms with Crippen molar-refractivity contribution in [3.8, 4) is 16.8 Å². The number of aromatic nitrogens is 1. The summed E-state index contributed by atoms with van der Waals surface area (Å²) in [5.41, 5.74) is 10.9. The monoisotopic (exact) mass is 676 g/mol. The predicted octanol–water partition coefficient (Wildman–Crippen LogP) is 14.1. The van der Waals surface area contributed by atoms with Gasteiger partial charge in [0.15, 0.2) is 0 Å². The van der Waals surface area contributed by atoms with Crippen LogP contribution in [0, 0.1) is 0 Å². The zero-order chi connectivity index (χ0) is 34.9. The zero-order valence-corrected chi connectivity index (χ0v) is 28.8. The number of hydrogen-bond acceptors (Lipinski definition) is 2. The van der Waals surface area contributed by atoms with Gasteiger partial charge in [0.25, 0.3) is 0 Å². The van der Waals surface area contributed by atoms with Crippen LogP contribution in [0.2, 0.25) is 0 Å².